The Morgan fingerprint density at radius 1 is 1.04 bits per heavy atom. The number of amides is 1. The number of fused-ring (bicyclic) bond motifs is 3. The standard InChI is InChI=1S/C36H37Cl2N5O5/c1-5-31(44)41-25-15-22(28(45-2)17-27(25)42-10-6-36(20-42)7-12-48-13-8-36)24-16-26-21(19-40-24)14-23(35-39-9-11-43(26)35)32-33(37)29(46-3)18-30(47-4)34(32)38/h5,9,11,14-19,25,27H,1,6-8,10,12-13,20H2,2-4H3,(H,41,44). The highest BCUT2D eigenvalue weighted by molar-refractivity contribution is 6.41. The second-order valence-corrected chi connectivity index (χ2v) is 13.2. The number of pyridine rings is 2. The molecule has 1 N–H and O–H groups in total. The molecule has 1 aliphatic carbocycles. The van der Waals surface area contributed by atoms with Crippen molar-refractivity contribution in [2.75, 3.05) is 47.6 Å². The van der Waals surface area contributed by atoms with Crippen molar-refractivity contribution in [3.05, 3.63) is 83.1 Å². The summed E-state index contributed by atoms with van der Waals surface area (Å²) < 4.78 is 24.7. The van der Waals surface area contributed by atoms with E-state index in [2.05, 4.69) is 33.9 Å². The summed E-state index contributed by atoms with van der Waals surface area (Å²) in [5.41, 5.74) is 4.48. The summed E-state index contributed by atoms with van der Waals surface area (Å²) in [6.45, 7) is 7.16. The van der Waals surface area contributed by atoms with Gasteiger partial charge in [0, 0.05) is 66.5 Å². The second-order valence-electron chi connectivity index (χ2n) is 12.5. The number of hydrogen-bond acceptors (Lipinski definition) is 8. The molecule has 0 bridgehead atoms. The highest BCUT2D eigenvalue weighted by atomic mass is 35.5. The van der Waals surface area contributed by atoms with Crippen LogP contribution in [0.3, 0.4) is 0 Å². The Labute approximate surface area is 288 Å². The molecule has 12 heteroatoms. The van der Waals surface area contributed by atoms with Crippen molar-refractivity contribution in [1.82, 2.24) is 24.6 Å². The minimum Gasteiger partial charge on any atom is -0.496 e. The Bertz CT molecular complexity index is 1950. The Morgan fingerprint density at radius 2 is 1.79 bits per heavy atom. The van der Waals surface area contributed by atoms with Crippen LogP contribution in [0.5, 0.6) is 11.5 Å². The van der Waals surface area contributed by atoms with Crippen LogP contribution >= 0.6 is 23.2 Å². The lowest BCUT2D eigenvalue weighted by Gasteiger charge is -2.38. The number of likely N-dealkylation sites (tertiary alicyclic amines) is 1. The van der Waals surface area contributed by atoms with Gasteiger partial charge in [0.2, 0.25) is 5.91 Å². The van der Waals surface area contributed by atoms with Gasteiger partial charge >= 0.3 is 0 Å². The summed E-state index contributed by atoms with van der Waals surface area (Å²) in [4.78, 5) is 24.7. The number of ether oxygens (including phenoxy) is 4. The quantitative estimate of drug-likeness (QED) is 0.214. The molecular formula is C36H37Cl2N5O5. The topological polar surface area (TPSA) is 99.5 Å². The zero-order chi connectivity index (χ0) is 33.6. The van der Waals surface area contributed by atoms with Crippen LogP contribution in [0.4, 0.5) is 0 Å². The van der Waals surface area contributed by atoms with Crippen LogP contribution in [0.2, 0.25) is 10.0 Å². The Balaban J connectivity index is 1.31. The molecular weight excluding hydrogens is 653 g/mol. The second kappa shape index (κ2) is 13.1. The predicted molar refractivity (Wildman–Crippen MR) is 187 cm³/mol. The van der Waals surface area contributed by atoms with Crippen LogP contribution in [0, 0.1) is 5.41 Å². The highest BCUT2D eigenvalue weighted by Crippen LogP contribution is 2.48. The normalized spacial score (nSPS) is 20.9. The van der Waals surface area contributed by atoms with Gasteiger partial charge in [-0.2, -0.15) is 0 Å². The average molecular weight is 691 g/mol. The number of methoxy groups -OCH3 is 3. The Hall–Kier alpha value is -4.09. The molecule has 3 aliphatic rings. The van der Waals surface area contributed by atoms with Crippen molar-refractivity contribution in [2.45, 2.75) is 31.3 Å². The van der Waals surface area contributed by atoms with Crippen molar-refractivity contribution in [3.8, 4) is 22.6 Å². The molecule has 4 aromatic rings. The maximum absolute atomic E-state index is 12.7. The molecule has 1 amide bonds. The van der Waals surface area contributed by atoms with Gasteiger partial charge in [0.05, 0.1) is 54.7 Å². The first-order valence-corrected chi connectivity index (χ1v) is 16.6. The van der Waals surface area contributed by atoms with Gasteiger partial charge < -0.3 is 24.3 Å². The summed E-state index contributed by atoms with van der Waals surface area (Å²) in [6.07, 6.45) is 14.1. The van der Waals surface area contributed by atoms with Crippen molar-refractivity contribution in [2.24, 2.45) is 5.41 Å². The van der Waals surface area contributed by atoms with Gasteiger partial charge in [-0.05, 0) is 61.6 Å². The Kier molecular flexibility index (Phi) is 8.84. The van der Waals surface area contributed by atoms with E-state index < -0.39 is 0 Å². The number of allylic oxidation sites excluding steroid dienone is 1. The van der Waals surface area contributed by atoms with Crippen LogP contribution in [0.25, 0.3) is 33.3 Å². The predicted octanol–water partition coefficient (Wildman–Crippen LogP) is 6.34. The third-order valence-corrected chi connectivity index (χ3v) is 10.7. The maximum Gasteiger partial charge on any atom is 0.243 e. The van der Waals surface area contributed by atoms with Crippen molar-refractivity contribution >= 4 is 51.2 Å². The molecule has 2 aliphatic heterocycles. The molecule has 0 radical (unpaired) electrons. The van der Waals surface area contributed by atoms with Gasteiger partial charge in [0.15, 0.2) is 0 Å². The molecule has 10 nitrogen and oxygen atoms in total. The van der Waals surface area contributed by atoms with Gasteiger partial charge in [-0.25, -0.2) is 4.98 Å². The molecule has 3 aromatic heterocycles. The minimum atomic E-state index is -0.320. The van der Waals surface area contributed by atoms with E-state index in [9.17, 15) is 4.79 Å². The summed E-state index contributed by atoms with van der Waals surface area (Å²) in [6, 6.07) is 5.21. The van der Waals surface area contributed by atoms with E-state index in [1.54, 1.807) is 39.8 Å². The smallest absolute Gasteiger partial charge is 0.243 e. The van der Waals surface area contributed by atoms with E-state index in [1.165, 1.54) is 6.08 Å². The van der Waals surface area contributed by atoms with Gasteiger partial charge in [-0.15, -0.1) is 0 Å². The lowest BCUT2D eigenvalue weighted by Crippen LogP contribution is -2.51. The first-order valence-electron chi connectivity index (χ1n) is 15.9. The third kappa shape index (κ3) is 5.60. The molecule has 1 spiro atoms. The summed E-state index contributed by atoms with van der Waals surface area (Å²) in [7, 11) is 4.75. The Morgan fingerprint density at radius 3 is 2.48 bits per heavy atom. The number of carbonyl (C=O) groups is 1. The molecule has 0 saturated carbocycles. The molecule has 7 rings (SSSR count). The van der Waals surface area contributed by atoms with Crippen LogP contribution in [0.15, 0.2) is 67.4 Å². The monoisotopic (exact) mass is 689 g/mol. The summed E-state index contributed by atoms with van der Waals surface area (Å²) in [5, 5.41) is 4.69. The van der Waals surface area contributed by atoms with Crippen molar-refractivity contribution in [1.29, 1.82) is 0 Å². The summed E-state index contributed by atoms with van der Waals surface area (Å²) >= 11 is 13.7. The summed E-state index contributed by atoms with van der Waals surface area (Å²) in [5.74, 6) is 1.33. The number of nitrogens with one attached hydrogen (secondary N) is 1. The maximum atomic E-state index is 12.7. The number of imidazole rings is 1. The molecule has 2 unspecified atom stereocenters. The number of nitrogens with zero attached hydrogens (tertiary/aromatic N) is 4. The first kappa shape index (κ1) is 32.5. The number of rotatable bonds is 8. The number of aromatic nitrogens is 3. The lowest BCUT2D eigenvalue weighted by atomic mass is 9.79. The fourth-order valence-electron chi connectivity index (χ4n) is 7.36. The zero-order valence-electron chi connectivity index (χ0n) is 27.1. The largest absolute Gasteiger partial charge is 0.496 e. The van der Waals surface area contributed by atoms with E-state index in [0.717, 1.165) is 62.0 Å². The SMILES string of the molecule is C=CC(=O)NC1C=C(c2cc3c(cn2)cc(-c2c(Cl)c(OC)cc(OC)c2Cl)c2nccn23)C(OC)=CC1N1CCC2(CCOCC2)C1. The molecule has 1 aromatic carbocycles. The van der Waals surface area contributed by atoms with Gasteiger partial charge in [0.25, 0.3) is 0 Å². The number of halogens is 2. The van der Waals surface area contributed by atoms with E-state index in [-0.39, 0.29) is 23.4 Å². The molecule has 2 fully saturated rings. The minimum absolute atomic E-state index is 0.0902. The third-order valence-electron chi connectivity index (χ3n) is 9.93. The molecule has 2 atom stereocenters. The molecule has 2 saturated heterocycles. The van der Waals surface area contributed by atoms with Crippen LogP contribution in [-0.4, -0.2) is 84.9 Å². The van der Waals surface area contributed by atoms with Crippen molar-refractivity contribution in [3.63, 3.8) is 0 Å². The van der Waals surface area contributed by atoms with E-state index >= 15 is 0 Å². The fourth-order valence-corrected chi connectivity index (χ4v) is 8.07. The van der Waals surface area contributed by atoms with Crippen LogP contribution < -0.4 is 14.8 Å². The van der Waals surface area contributed by atoms with Gasteiger partial charge in [-0.1, -0.05) is 29.8 Å². The highest BCUT2D eigenvalue weighted by Gasteiger charge is 2.43. The fraction of sp³-hybridized carbons (Fsp3) is 0.361. The zero-order valence-corrected chi connectivity index (χ0v) is 28.6. The van der Waals surface area contributed by atoms with E-state index in [0.29, 0.717) is 49.8 Å². The molecule has 250 valence electrons. The van der Waals surface area contributed by atoms with Crippen LogP contribution in [0.1, 0.15) is 25.0 Å². The van der Waals surface area contributed by atoms with E-state index in [1.807, 2.05) is 22.7 Å². The van der Waals surface area contributed by atoms with Gasteiger partial charge in [0.1, 0.15) is 22.9 Å². The number of benzene rings is 1. The average Bonchev–Trinajstić information content (AvgIpc) is 3.77. The van der Waals surface area contributed by atoms with Crippen molar-refractivity contribution < 1.29 is 23.7 Å². The van der Waals surface area contributed by atoms with Crippen LogP contribution in [-0.2, 0) is 14.3 Å². The van der Waals surface area contributed by atoms with E-state index in [4.69, 9.17) is 47.1 Å². The lowest BCUT2D eigenvalue weighted by molar-refractivity contribution is -0.117. The molecule has 5 heterocycles. The molecule has 48 heavy (non-hydrogen) atoms. The number of carbonyl (C=O) groups excluding carboxylic acids is 1. The first-order chi connectivity index (χ1) is 23.3. The number of hydrogen-bond donors (Lipinski definition) is 1. The van der Waals surface area contributed by atoms with Gasteiger partial charge in [-0.3, -0.25) is 19.1 Å².